The van der Waals surface area contributed by atoms with Gasteiger partial charge in [0.25, 0.3) is 0 Å². The Morgan fingerprint density at radius 2 is 1.79 bits per heavy atom. The van der Waals surface area contributed by atoms with Crippen LogP contribution in [-0.2, 0) is 0 Å². The average molecular weight is 551 g/mol. The number of anilines is 1. The van der Waals surface area contributed by atoms with Crippen LogP contribution in [0.15, 0.2) is 65.6 Å². The average Bonchev–Trinajstić information content (AvgIpc) is 3.39. The van der Waals surface area contributed by atoms with Gasteiger partial charge in [-0.1, -0.05) is 12.1 Å². The number of phenols is 1. The van der Waals surface area contributed by atoms with E-state index in [-0.39, 0.29) is 24.3 Å². The minimum atomic E-state index is -0.285. The molecule has 0 saturated carbocycles. The molecule has 0 unspecified atom stereocenters. The molecule has 1 fully saturated rings. The molecule has 0 amide bonds. The quantitative estimate of drug-likeness (QED) is 0.288. The van der Waals surface area contributed by atoms with Crippen LogP contribution in [0.4, 0.5) is 14.5 Å². The maximum Gasteiger partial charge on any atom is 0.132 e. The number of phenolic OH excluding ortho intramolecular Hbond substituents is 1. The predicted molar refractivity (Wildman–Crippen MR) is 157 cm³/mol. The highest BCUT2D eigenvalue weighted by Gasteiger charge is 2.26. The largest absolute Gasteiger partial charge is 0.508 e. The molecule has 7 heteroatoms. The fourth-order valence-corrected chi connectivity index (χ4v) is 6.70. The van der Waals surface area contributed by atoms with Gasteiger partial charge in [-0.3, -0.25) is 9.29 Å². The molecule has 3 aromatic carbocycles. The fraction of sp³-hybridized carbons (Fsp3) is 0.375. The topological polar surface area (TPSA) is 35.9 Å². The van der Waals surface area contributed by atoms with E-state index in [1.165, 1.54) is 0 Å². The SMILES string of the molecule is CCN(CC)c1ccc(C2=C(c3ccc(O[C@H]4CCN(CCCF)C4)cc3)c3ccc(O)cc3SC2)c(F)c1. The van der Waals surface area contributed by atoms with Crippen LogP contribution in [0, 0.1) is 5.82 Å². The number of hydrogen-bond donors (Lipinski definition) is 1. The highest BCUT2D eigenvalue weighted by molar-refractivity contribution is 7.99. The van der Waals surface area contributed by atoms with Crippen LogP contribution in [-0.4, -0.2) is 61.3 Å². The number of fused-ring (bicyclic) bond motifs is 1. The van der Waals surface area contributed by atoms with Gasteiger partial charge in [0.05, 0.1) is 6.67 Å². The Balaban J connectivity index is 1.47. The highest BCUT2D eigenvalue weighted by atomic mass is 32.2. The third kappa shape index (κ3) is 6.10. The van der Waals surface area contributed by atoms with Gasteiger partial charge < -0.3 is 14.7 Å². The number of aromatic hydroxyl groups is 1. The molecule has 1 N–H and O–H groups in total. The first-order chi connectivity index (χ1) is 19.0. The Morgan fingerprint density at radius 3 is 2.51 bits per heavy atom. The Morgan fingerprint density at radius 1 is 1.03 bits per heavy atom. The first-order valence-corrected chi connectivity index (χ1v) is 14.8. The smallest absolute Gasteiger partial charge is 0.132 e. The number of nitrogens with zero attached hydrogens (tertiary/aromatic N) is 2. The molecular weight excluding hydrogens is 514 g/mol. The molecule has 3 aromatic rings. The maximum absolute atomic E-state index is 15.6. The van der Waals surface area contributed by atoms with Crippen LogP contribution in [0.1, 0.15) is 43.4 Å². The molecule has 1 atom stereocenters. The Kier molecular flexibility index (Phi) is 8.78. The minimum Gasteiger partial charge on any atom is -0.508 e. The van der Waals surface area contributed by atoms with Gasteiger partial charge >= 0.3 is 0 Å². The van der Waals surface area contributed by atoms with Crippen molar-refractivity contribution >= 4 is 28.6 Å². The molecule has 39 heavy (non-hydrogen) atoms. The summed E-state index contributed by atoms with van der Waals surface area (Å²) < 4.78 is 34.4. The predicted octanol–water partition coefficient (Wildman–Crippen LogP) is 7.26. The van der Waals surface area contributed by atoms with Crippen molar-refractivity contribution in [2.24, 2.45) is 0 Å². The van der Waals surface area contributed by atoms with Crippen LogP contribution >= 0.6 is 11.8 Å². The minimum absolute atomic E-state index is 0.0958. The lowest BCUT2D eigenvalue weighted by atomic mass is 9.89. The molecule has 0 aliphatic carbocycles. The lowest BCUT2D eigenvalue weighted by molar-refractivity contribution is 0.198. The van der Waals surface area contributed by atoms with E-state index in [9.17, 15) is 9.50 Å². The van der Waals surface area contributed by atoms with Gasteiger partial charge in [0.2, 0.25) is 0 Å². The second-order valence-electron chi connectivity index (χ2n) is 10.1. The first kappa shape index (κ1) is 27.5. The van der Waals surface area contributed by atoms with Crippen LogP contribution < -0.4 is 9.64 Å². The number of thioether (sulfide) groups is 1. The van der Waals surface area contributed by atoms with Crippen molar-refractivity contribution in [1.29, 1.82) is 0 Å². The van der Waals surface area contributed by atoms with E-state index in [2.05, 4.69) is 23.6 Å². The monoisotopic (exact) mass is 550 g/mol. The van der Waals surface area contributed by atoms with Gasteiger partial charge in [0.15, 0.2) is 0 Å². The summed E-state index contributed by atoms with van der Waals surface area (Å²) in [4.78, 5) is 5.37. The normalized spacial score (nSPS) is 17.4. The third-order valence-electron chi connectivity index (χ3n) is 7.60. The number of alkyl halides is 1. The van der Waals surface area contributed by atoms with Crippen LogP contribution in [0.2, 0.25) is 0 Å². The fourth-order valence-electron chi connectivity index (χ4n) is 5.57. The van der Waals surface area contributed by atoms with Crippen LogP contribution in [0.25, 0.3) is 11.1 Å². The number of rotatable bonds is 10. The molecule has 0 aromatic heterocycles. The summed E-state index contributed by atoms with van der Waals surface area (Å²) in [6, 6.07) is 19.0. The second-order valence-corrected chi connectivity index (χ2v) is 11.1. The summed E-state index contributed by atoms with van der Waals surface area (Å²) in [6.45, 7) is 8.01. The van der Waals surface area contributed by atoms with Gasteiger partial charge in [-0.15, -0.1) is 11.8 Å². The van der Waals surface area contributed by atoms with E-state index in [0.717, 1.165) is 77.8 Å². The zero-order chi connectivity index (χ0) is 27.4. The van der Waals surface area contributed by atoms with Crippen molar-refractivity contribution < 1.29 is 18.6 Å². The van der Waals surface area contributed by atoms with E-state index in [4.69, 9.17) is 4.74 Å². The van der Waals surface area contributed by atoms with Gasteiger partial charge in [0.1, 0.15) is 23.4 Å². The molecular formula is C32H36F2N2O2S. The third-order valence-corrected chi connectivity index (χ3v) is 8.68. The molecule has 2 aliphatic heterocycles. The summed E-state index contributed by atoms with van der Waals surface area (Å²) in [6.07, 6.45) is 1.59. The summed E-state index contributed by atoms with van der Waals surface area (Å²) in [5.74, 6) is 1.39. The number of ether oxygens (including phenoxy) is 1. The van der Waals surface area contributed by atoms with E-state index < -0.39 is 0 Å². The summed E-state index contributed by atoms with van der Waals surface area (Å²) in [5.41, 5.74) is 5.37. The Labute approximate surface area is 234 Å². The first-order valence-electron chi connectivity index (χ1n) is 13.8. The zero-order valence-electron chi connectivity index (χ0n) is 22.6. The molecule has 2 aliphatic rings. The standard InChI is InChI=1S/C32H36F2N2O2S/c1-3-36(4-2)23-8-12-27(30(34)18-23)29-21-39-31-19-24(37)9-13-28(31)32(29)22-6-10-25(11-7-22)38-26-14-17-35(20-26)16-5-15-33/h6-13,18-19,26,37H,3-5,14-17,20-21H2,1-2H3/t26-/m0/s1. The van der Waals surface area contributed by atoms with Crippen molar-refractivity contribution in [2.45, 2.75) is 37.7 Å². The van der Waals surface area contributed by atoms with Crippen molar-refractivity contribution in [3.05, 3.63) is 83.2 Å². The Hall–Kier alpha value is -3.03. The zero-order valence-corrected chi connectivity index (χ0v) is 23.4. The number of halogens is 2. The van der Waals surface area contributed by atoms with Gasteiger partial charge in [-0.05, 0) is 97.5 Å². The van der Waals surface area contributed by atoms with Crippen LogP contribution in [0.3, 0.4) is 0 Å². The van der Waals surface area contributed by atoms with Gasteiger partial charge in [-0.2, -0.15) is 0 Å². The number of likely N-dealkylation sites (tertiary alicyclic amines) is 1. The van der Waals surface area contributed by atoms with E-state index in [1.54, 1.807) is 30.0 Å². The van der Waals surface area contributed by atoms with E-state index in [1.807, 2.05) is 42.5 Å². The molecule has 0 bridgehead atoms. The lowest BCUT2D eigenvalue weighted by Crippen LogP contribution is -2.26. The summed E-state index contributed by atoms with van der Waals surface area (Å²) in [7, 11) is 0. The van der Waals surface area contributed by atoms with Gasteiger partial charge in [0, 0.05) is 54.6 Å². The molecule has 2 heterocycles. The Bertz CT molecular complexity index is 1320. The van der Waals surface area contributed by atoms with Gasteiger partial charge in [-0.25, -0.2) is 4.39 Å². The molecule has 0 spiro atoms. The highest BCUT2D eigenvalue weighted by Crippen LogP contribution is 2.46. The summed E-state index contributed by atoms with van der Waals surface area (Å²) in [5, 5.41) is 10.1. The lowest BCUT2D eigenvalue weighted by Gasteiger charge is -2.26. The second kappa shape index (κ2) is 12.4. The van der Waals surface area contributed by atoms with Crippen LogP contribution in [0.5, 0.6) is 11.5 Å². The molecule has 1 saturated heterocycles. The number of hydrogen-bond acceptors (Lipinski definition) is 5. The van der Waals surface area contributed by atoms with Crippen molar-refractivity contribution in [3.63, 3.8) is 0 Å². The van der Waals surface area contributed by atoms with Crippen molar-refractivity contribution in [1.82, 2.24) is 4.90 Å². The molecule has 0 radical (unpaired) electrons. The maximum atomic E-state index is 15.6. The van der Waals surface area contributed by atoms with Crippen molar-refractivity contribution in [2.75, 3.05) is 50.1 Å². The van der Waals surface area contributed by atoms with E-state index in [0.29, 0.717) is 17.7 Å². The van der Waals surface area contributed by atoms with Crippen molar-refractivity contribution in [3.8, 4) is 11.5 Å². The summed E-state index contributed by atoms with van der Waals surface area (Å²) >= 11 is 1.61. The van der Waals surface area contributed by atoms with E-state index >= 15 is 4.39 Å². The number of benzene rings is 3. The molecule has 4 nitrogen and oxygen atoms in total. The molecule has 5 rings (SSSR count). The molecule has 206 valence electrons.